The molecule has 0 saturated heterocycles. The third kappa shape index (κ3) is 3.25. The molecule has 1 aliphatic heterocycles. The third-order valence-electron chi connectivity index (χ3n) is 2.63. The first kappa shape index (κ1) is 15.6. The van der Waals surface area contributed by atoms with E-state index in [1.807, 2.05) is 0 Å². The lowest BCUT2D eigenvalue weighted by Crippen LogP contribution is -2.27. The molecule has 1 heterocycles. The first-order valence-corrected chi connectivity index (χ1v) is 7.16. The zero-order valence-corrected chi connectivity index (χ0v) is 13.6. The molecule has 1 atom stereocenters. The minimum atomic E-state index is -1.02. The highest BCUT2D eigenvalue weighted by molar-refractivity contribution is 9.10. The maximum absolute atomic E-state index is 11.8. The quantitative estimate of drug-likeness (QED) is 0.791. The smallest absolute Gasteiger partial charge is 0.412 e. The Kier molecular flexibility index (Phi) is 4.30. The van der Waals surface area contributed by atoms with E-state index < -0.39 is 18.0 Å². The van der Waals surface area contributed by atoms with Crippen LogP contribution in [-0.2, 0) is 16.1 Å². The van der Waals surface area contributed by atoms with Crippen molar-refractivity contribution < 1.29 is 19.4 Å². The highest BCUT2D eigenvalue weighted by Crippen LogP contribution is 2.42. The molecule has 0 bridgehead atoms. The fourth-order valence-electron chi connectivity index (χ4n) is 1.81. The van der Waals surface area contributed by atoms with Crippen LogP contribution in [0.3, 0.4) is 0 Å². The van der Waals surface area contributed by atoms with Gasteiger partial charge in [0, 0.05) is 15.6 Å². The molecule has 5 nitrogen and oxygen atoms in total. The molecule has 2 rings (SSSR count). The van der Waals surface area contributed by atoms with Gasteiger partial charge in [0.1, 0.15) is 5.60 Å². The van der Waals surface area contributed by atoms with Gasteiger partial charge in [-0.1, -0.05) is 11.6 Å². The van der Waals surface area contributed by atoms with Crippen molar-refractivity contribution in [2.45, 2.75) is 39.3 Å². The fourth-order valence-corrected chi connectivity index (χ4v) is 2.58. The zero-order chi connectivity index (χ0) is 15.1. The highest BCUT2D eigenvalue weighted by Gasteiger charge is 2.27. The summed E-state index contributed by atoms with van der Waals surface area (Å²) in [4.78, 5) is 11.8. The van der Waals surface area contributed by atoms with Crippen LogP contribution in [0.5, 0.6) is 0 Å². The third-order valence-corrected chi connectivity index (χ3v) is 4.13. The number of nitrogens with one attached hydrogen (secondary N) is 1. The molecule has 0 saturated carbocycles. The number of benzene rings is 1. The van der Waals surface area contributed by atoms with E-state index in [2.05, 4.69) is 21.2 Å². The SMILES string of the molecule is CC(C)(C)OC(=O)Nc1cc2c(c(Br)c1Cl)COC2O. The lowest BCUT2D eigenvalue weighted by Gasteiger charge is -2.20. The largest absolute Gasteiger partial charge is 0.444 e. The number of rotatable bonds is 1. The summed E-state index contributed by atoms with van der Waals surface area (Å²) in [5.41, 5.74) is 1.10. The number of anilines is 1. The average Bonchev–Trinajstić information content (AvgIpc) is 2.65. The number of ether oxygens (including phenoxy) is 2. The summed E-state index contributed by atoms with van der Waals surface area (Å²) >= 11 is 9.53. The Labute approximate surface area is 130 Å². The Morgan fingerprint density at radius 2 is 2.25 bits per heavy atom. The van der Waals surface area contributed by atoms with Crippen LogP contribution in [-0.4, -0.2) is 16.8 Å². The zero-order valence-electron chi connectivity index (χ0n) is 11.3. The molecule has 110 valence electrons. The van der Waals surface area contributed by atoms with E-state index in [-0.39, 0.29) is 6.61 Å². The monoisotopic (exact) mass is 363 g/mol. The lowest BCUT2D eigenvalue weighted by molar-refractivity contribution is -0.0918. The number of halogens is 2. The van der Waals surface area contributed by atoms with E-state index in [0.29, 0.717) is 20.7 Å². The second kappa shape index (κ2) is 5.52. The Balaban J connectivity index is 2.27. The number of aliphatic hydroxyl groups excluding tert-OH is 1. The first-order chi connectivity index (χ1) is 9.19. The van der Waals surface area contributed by atoms with Gasteiger partial charge in [0.25, 0.3) is 0 Å². The van der Waals surface area contributed by atoms with Crippen molar-refractivity contribution in [3.63, 3.8) is 0 Å². The van der Waals surface area contributed by atoms with Gasteiger partial charge in [-0.25, -0.2) is 4.79 Å². The van der Waals surface area contributed by atoms with Crippen molar-refractivity contribution in [3.8, 4) is 0 Å². The van der Waals surface area contributed by atoms with E-state index in [9.17, 15) is 9.90 Å². The minimum Gasteiger partial charge on any atom is -0.444 e. The van der Waals surface area contributed by atoms with E-state index in [1.54, 1.807) is 26.8 Å². The Bertz CT molecular complexity index is 556. The number of carbonyl (C=O) groups excluding carboxylic acids is 1. The van der Waals surface area contributed by atoms with Gasteiger partial charge in [0.05, 0.1) is 17.3 Å². The predicted octanol–water partition coefficient (Wildman–Crippen LogP) is 3.97. The predicted molar refractivity (Wildman–Crippen MR) is 78.8 cm³/mol. The van der Waals surface area contributed by atoms with Gasteiger partial charge in [-0.15, -0.1) is 0 Å². The van der Waals surface area contributed by atoms with Gasteiger partial charge in [-0.3, -0.25) is 5.32 Å². The Hall–Kier alpha value is -0.820. The molecule has 1 aliphatic rings. The first-order valence-electron chi connectivity index (χ1n) is 5.99. The van der Waals surface area contributed by atoms with Gasteiger partial charge in [-0.2, -0.15) is 0 Å². The molecule has 0 spiro atoms. The summed E-state index contributed by atoms with van der Waals surface area (Å²) in [6.07, 6.45) is -1.63. The van der Waals surface area contributed by atoms with E-state index >= 15 is 0 Å². The number of fused-ring (bicyclic) bond motifs is 1. The van der Waals surface area contributed by atoms with Gasteiger partial charge < -0.3 is 14.6 Å². The van der Waals surface area contributed by atoms with Gasteiger partial charge >= 0.3 is 6.09 Å². The topological polar surface area (TPSA) is 67.8 Å². The van der Waals surface area contributed by atoms with E-state index in [4.69, 9.17) is 21.1 Å². The molecule has 1 aromatic carbocycles. The maximum atomic E-state index is 11.8. The molecule has 1 unspecified atom stereocenters. The lowest BCUT2D eigenvalue weighted by atomic mass is 10.1. The van der Waals surface area contributed by atoms with Crippen molar-refractivity contribution in [3.05, 3.63) is 26.7 Å². The molecule has 0 radical (unpaired) electrons. The van der Waals surface area contributed by atoms with Crippen LogP contribution >= 0.6 is 27.5 Å². The fraction of sp³-hybridized carbons (Fsp3) is 0.462. The van der Waals surface area contributed by atoms with Gasteiger partial charge in [0.15, 0.2) is 6.29 Å². The molecule has 2 N–H and O–H groups in total. The molecule has 0 aromatic heterocycles. The van der Waals surface area contributed by atoms with Crippen molar-refractivity contribution in [2.75, 3.05) is 5.32 Å². The summed E-state index contributed by atoms with van der Waals surface area (Å²) in [6, 6.07) is 1.59. The van der Waals surface area contributed by atoms with E-state index in [0.717, 1.165) is 5.56 Å². The number of carbonyl (C=O) groups is 1. The summed E-state index contributed by atoms with van der Waals surface area (Å²) in [6.45, 7) is 5.57. The van der Waals surface area contributed by atoms with Crippen molar-refractivity contribution >= 4 is 39.3 Å². The molecule has 0 fully saturated rings. The minimum absolute atomic E-state index is 0.267. The second-order valence-electron chi connectivity index (χ2n) is 5.41. The number of aliphatic hydroxyl groups is 1. The molecular weight excluding hydrogens is 350 g/mol. The summed E-state index contributed by atoms with van der Waals surface area (Å²) in [5.74, 6) is 0. The molecule has 1 aromatic rings. The number of amides is 1. The van der Waals surface area contributed by atoms with Crippen molar-refractivity contribution in [2.24, 2.45) is 0 Å². The van der Waals surface area contributed by atoms with Crippen LogP contribution in [0.25, 0.3) is 0 Å². The average molecular weight is 365 g/mol. The summed E-state index contributed by atoms with van der Waals surface area (Å²) in [5, 5.41) is 12.6. The number of hydrogen-bond acceptors (Lipinski definition) is 4. The van der Waals surface area contributed by atoms with Crippen LogP contribution in [0.1, 0.15) is 38.2 Å². The van der Waals surface area contributed by atoms with Crippen LogP contribution < -0.4 is 5.32 Å². The highest BCUT2D eigenvalue weighted by atomic mass is 79.9. The Morgan fingerprint density at radius 3 is 2.85 bits per heavy atom. The van der Waals surface area contributed by atoms with Crippen LogP contribution in [0.15, 0.2) is 10.5 Å². The molecule has 0 aliphatic carbocycles. The second-order valence-corrected chi connectivity index (χ2v) is 6.58. The van der Waals surface area contributed by atoms with Gasteiger partial charge in [0.2, 0.25) is 0 Å². The van der Waals surface area contributed by atoms with Crippen molar-refractivity contribution in [1.82, 2.24) is 0 Å². The Morgan fingerprint density at radius 1 is 1.60 bits per heavy atom. The van der Waals surface area contributed by atoms with E-state index in [1.165, 1.54) is 0 Å². The normalized spacial score (nSPS) is 17.8. The molecule has 20 heavy (non-hydrogen) atoms. The van der Waals surface area contributed by atoms with Crippen LogP contribution in [0, 0.1) is 0 Å². The summed E-state index contributed by atoms with van der Waals surface area (Å²) in [7, 11) is 0. The molecule has 7 heteroatoms. The maximum Gasteiger partial charge on any atom is 0.412 e. The van der Waals surface area contributed by atoms with Gasteiger partial charge in [-0.05, 0) is 42.8 Å². The molecule has 1 amide bonds. The molecular formula is C13H15BrClNO4. The van der Waals surface area contributed by atoms with Crippen molar-refractivity contribution in [1.29, 1.82) is 0 Å². The van der Waals surface area contributed by atoms with Crippen LogP contribution in [0.4, 0.5) is 10.5 Å². The number of hydrogen-bond donors (Lipinski definition) is 2. The standard InChI is InChI=1S/C13H15BrClNO4/c1-13(2,3)20-12(18)16-8-4-6-7(5-19-11(6)17)9(14)10(8)15/h4,11,17H,5H2,1-3H3,(H,16,18). The van der Waals surface area contributed by atoms with Crippen LogP contribution in [0.2, 0.25) is 5.02 Å². The summed E-state index contributed by atoms with van der Waals surface area (Å²) < 4.78 is 10.9.